The average molecular weight is 343 g/mol. The van der Waals surface area contributed by atoms with Crippen LogP contribution in [0.2, 0.25) is 0 Å². The van der Waals surface area contributed by atoms with Crippen molar-refractivity contribution in [3.8, 4) is 17.1 Å². The number of ether oxygens (including phenoxy) is 2. The summed E-state index contributed by atoms with van der Waals surface area (Å²) in [5, 5.41) is 9.22. The lowest BCUT2D eigenvalue weighted by atomic mass is 10.1. The number of carboxylic acids is 1. The second-order valence-electron chi connectivity index (χ2n) is 5.96. The van der Waals surface area contributed by atoms with Gasteiger partial charge in [-0.3, -0.25) is 9.69 Å². The maximum atomic E-state index is 11.2. The second-order valence-corrected chi connectivity index (χ2v) is 5.96. The number of para-hydroxylation sites is 1. The molecule has 1 aromatic heterocycles. The van der Waals surface area contributed by atoms with Crippen LogP contribution in [0.1, 0.15) is 5.56 Å². The van der Waals surface area contributed by atoms with Crippen LogP contribution in [0.5, 0.6) is 5.75 Å². The van der Waals surface area contributed by atoms with Crippen LogP contribution in [0.4, 0.5) is 0 Å². The van der Waals surface area contributed by atoms with E-state index in [0.29, 0.717) is 32.1 Å². The fourth-order valence-electron chi connectivity index (χ4n) is 2.83. The predicted molar refractivity (Wildman–Crippen MR) is 91.2 cm³/mol. The summed E-state index contributed by atoms with van der Waals surface area (Å²) in [6.07, 6.45) is 3.55. The van der Waals surface area contributed by atoms with Crippen LogP contribution in [0.15, 0.2) is 36.7 Å². The highest BCUT2D eigenvalue weighted by atomic mass is 16.5. The van der Waals surface area contributed by atoms with Crippen molar-refractivity contribution < 1.29 is 19.4 Å². The Kier molecular flexibility index (Phi) is 5.57. The first-order valence-corrected chi connectivity index (χ1v) is 8.14. The standard InChI is InChI=1S/C18H21N3O4/c1-24-16-5-3-2-4-15(16)17-19-8-13(9-20-17)10-21-6-7-25-12-14(11-21)18(22)23/h2-5,8-9,14H,6-7,10-12H2,1H3,(H,22,23). The Morgan fingerprint density at radius 3 is 2.84 bits per heavy atom. The maximum absolute atomic E-state index is 11.2. The van der Waals surface area contributed by atoms with E-state index in [1.54, 1.807) is 19.5 Å². The average Bonchev–Trinajstić information content (AvgIpc) is 2.88. The molecule has 25 heavy (non-hydrogen) atoms. The van der Waals surface area contributed by atoms with E-state index >= 15 is 0 Å². The van der Waals surface area contributed by atoms with Gasteiger partial charge in [0.05, 0.1) is 31.8 Å². The zero-order chi connectivity index (χ0) is 17.6. The van der Waals surface area contributed by atoms with Gasteiger partial charge in [-0.05, 0) is 12.1 Å². The van der Waals surface area contributed by atoms with Gasteiger partial charge < -0.3 is 14.6 Å². The third kappa shape index (κ3) is 4.32. The quantitative estimate of drug-likeness (QED) is 0.884. The van der Waals surface area contributed by atoms with Crippen molar-refractivity contribution in [2.75, 3.05) is 33.4 Å². The van der Waals surface area contributed by atoms with Crippen LogP contribution >= 0.6 is 0 Å². The van der Waals surface area contributed by atoms with E-state index in [0.717, 1.165) is 16.9 Å². The summed E-state index contributed by atoms with van der Waals surface area (Å²) >= 11 is 0. The van der Waals surface area contributed by atoms with Gasteiger partial charge >= 0.3 is 5.97 Å². The van der Waals surface area contributed by atoms with E-state index in [4.69, 9.17) is 9.47 Å². The highest BCUT2D eigenvalue weighted by Gasteiger charge is 2.24. The highest BCUT2D eigenvalue weighted by Crippen LogP contribution is 2.26. The Labute approximate surface area is 146 Å². The summed E-state index contributed by atoms with van der Waals surface area (Å²) in [6.45, 7) is 2.54. The van der Waals surface area contributed by atoms with Gasteiger partial charge in [0.25, 0.3) is 0 Å². The lowest BCUT2D eigenvalue weighted by Gasteiger charge is -2.21. The molecule has 1 saturated heterocycles. The Morgan fingerprint density at radius 2 is 2.12 bits per heavy atom. The minimum absolute atomic E-state index is 0.259. The van der Waals surface area contributed by atoms with Gasteiger partial charge in [-0.25, -0.2) is 9.97 Å². The SMILES string of the molecule is COc1ccccc1-c1ncc(CN2CCOCC(C(=O)O)C2)cn1. The van der Waals surface area contributed by atoms with Gasteiger partial charge in [-0.2, -0.15) is 0 Å². The molecule has 1 unspecified atom stereocenters. The van der Waals surface area contributed by atoms with Gasteiger partial charge in [0.15, 0.2) is 5.82 Å². The molecule has 1 atom stereocenters. The first-order chi connectivity index (χ1) is 12.2. The van der Waals surface area contributed by atoms with Crippen LogP contribution in [0, 0.1) is 5.92 Å². The summed E-state index contributed by atoms with van der Waals surface area (Å²) < 4.78 is 10.7. The second kappa shape index (κ2) is 8.04. The largest absolute Gasteiger partial charge is 0.496 e. The summed E-state index contributed by atoms with van der Waals surface area (Å²) in [7, 11) is 1.62. The first kappa shape index (κ1) is 17.3. The van der Waals surface area contributed by atoms with Crippen LogP contribution in [0.25, 0.3) is 11.4 Å². The Morgan fingerprint density at radius 1 is 1.36 bits per heavy atom. The molecule has 1 N–H and O–H groups in total. The molecule has 0 bridgehead atoms. The number of carboxylic acid groups (broad SMARTS) is 1. The van der Waals surface area contributed by atoms with Crippen molar-refractivity contribution in [2.45, 2.75) is 6.54 Å². The fourth-order valence-corrected chi connectivity index (χ4v) is 2.83. The van der Waals surface area contributed by atoms with Gasteiger partial charge in [0.2, 0.25) is 0 Å². The normalized spacial score (nSPS) is 18.5. The van der Waals surface area contributed by atoms with Crippen molar-refractivity contribution in [2.24, 2.45) is 5.92 Å². The molecule has 2 aromatic rings. The van der Waals surface area contributed by atoms with Crippen LogP contribution in [-0.2, 0) is 16.1 Å². The lowest BCUT2D eigenvalue weighted by Crippen LogP contribution is -2.33. The smallest absolute Gasteiger partial charge is 0.310 e. The van der Waals surface area contributed by atoms with Crippen LogP contribution in [-0.4, -0.2) is 59.4 Å². The summed E-state index contributed by atoms with van der Waals surface area (Å²) in [5.41, 5.74) is 1.77. The lowest BCUT2D eigenvalue weighted by molar-refractivity contribution is -0.143. The predicted octanol–water partition coefficient (Wildman–Crippen LogP) is 1.69. The number of aromatic nitrogens is 2. The zero-order valence-electron chi connectivity index (χ0n) is 14.1. The number of hydrogen-bond donors (Lipinski definition) is 1. The molecule has 1 aliphatic heterocycles. The number of hydrogen-bond acceptors (Lipinski definition) is 6. The number of nitrogens with zero attached hydrogens (tertiary/aromatic N) is 3. The molecule has 7 nitrogen and oxygen atoms in total. The summed E-state index contributed by atoms with van der Waals surface area (Å²) in [6, 6.07) is 7.60. The molecule has 132 valence electrons. The molecular formula is C18H21N3O4. The van der Waals surface area contributed by atoms with E-state index in [2.05, 4.69) is 14.9 Å². The topological polar surface area (TPSA) is 84.8 Å². The molecule has 7 heteroatoms. The minimum Gasteiger partial charge on any atom is -0.496 e. The summed E-state index contributed by atoms with van der Waals surface area (Å²) in [4.78, 5) is 22.2. The Hall–Kier alpha value is -2.51. The van der Waals surface area contributed by atoms with E-state index in [1.807, 2.05) is 24.3 Å². The molecule has 1 fully saturated rings. The van der Waals surface area contributed by atoms with Crippen molar-refractivity contribution >= 4 is 5.97 Å². The fraction of sp³-hybridized carbons (Fsp3) is 0.389. The van der Waals surface area contributed by atoms with Crippen molar-refractivity contribution in [3.05, 3.63) is 42.2 Å². The van der Waals surface area contributed by atoms with E-state index in [-0.39, 0.29) is 6.61 Å². The number of carbonyl (C=O) groups is 1. The highest BCUT2D eigenvalue weighted by molar-refractivity contribution is 5.70. The zero-order valence-corrected chi connectivity index (χ0v) is 14.1. The molecule has 1 aromatic carbocycles. The minimum atomic E-state index is -0.824. The number of benzene rings is 1. The van der Waals surface area contributed by atoms with Crippen molar-refractivity contribution in [3.63, 3.8) is 0 Å². The molecule has 3 rings (SSSR count). The van der Waals surface area contributed by atoms with Crippen molar-refractivity contribution in [1.29, 1.82) is 0 Å². The Balaban J connectivity index is 1.71. The monoisotopic (exact) mass is 343 g/mol. The third-order valence-electron chi connectivity index (χ3n) is 4.16. The van der Waals surface area contributed by atoms with Crippen LogP contribution < -0.4 is 4.74 Å². The van der Waals surface area contributed by atoms with Gasteiger partial charge in [-0.15, -0.1) is 0 Å². The van der Waals surface area contributed by atoms with E-state index in [1.165, 1.54) is 0 Å². The van der Waals surface area contributed by atoms with Crippen LogP contribution in [0.3, 0.4) is 0 Å². The molecule has 2 heterocycles. The Bertz CT molecular complexity index is 721. The first-order valence-electron chi connectivity index (χ1n) is 8.14. The van der Waals surface area contributed by atoms with E-state index in [9.17, 15) is 9.90 Å². The third-order valence-corrected chi connectivity index (χ3v) is 4.16. The molecule has 0 amide bonds. The van der Waals surface area contributed by atoms with Gasteiger partial charge in [0, 0.05) is 37.6 Å². The summed E-state index contributed by atoms with van der Waals surface area (Å²) in [5.74, 6) is -0.000953. The number of aliphatic carboxylic acids is 1. The van der Waals surface area contributed by atoms with Crippen molar-refractivity contribution in [1.82, 2.24) is 14.9 Å². The maximum Gasteiger partial charge on any atom is 0.310 e. The molecule has 0 aliphatic carbocycles. The number of rotatable bonds is 5. The molecule has 0 saturated carbocycles. The molecular weight excluding hydrogens is 322 g/mol. The van der Waals surface area contributed by atoms with E-state index < -0.39 is 11.9 Å². The van der Waals surface area contributed by atoms with Gasteiger partial charge in [-0.1, -0.05) is 12.1 Å². The number of methoxy groups -OCH3 is 1. The molecule has 0 radical (unpaired) electrons. The molecule has 1 aliphatic rings. The van der Waals surface area contributed by atoms with Gasteiger partial charge in [0.1, 0.15) is 5.75 Å². The molecule has 0 spiro atoms.